The second kappa shape index (κ2) is 8.48. The molecule has 1 heterocycles. The summed E-state index contributed by atoms with van der Waals surface area (Å²) in [5, 5.41) is 0. The van der Waals surface area contributed by atoms with Gasteiger partial charge in [-0.1, -0.05) is 13.8 Å². The molecule has 0 bridgehead atoms. The van der Waals surface area contributed by atoms with E-state index in [2.05, 4.69) is 9.80 Å². The number of rotatable bonds is 4. The Morgan fingerprint density at radius 1 is 1.24 bits per heavy atom. The predicted octanol–water partition coefficient (Wildman–Crippen LogP) is 1.13. The lowest BCUT2D eigenvalue weighted by Crippen LogP contribution is -2.44. The van der Waals surface area contributed by atoms with Gasteiger partial charge in [0, 0.05) is 20.1 Å². The number of carbonyl (C=O) groups is 1. The van der Waals surface area contributed by atoms with Crippen molar-refractivity contribution in [3.05, 3.63) is 0 Å². The quantitative estimate of drug-likeness (QED) is 0.740. The van der Waals surface area contributed by atoms with Gasteiger partial charge in [0.1, 0.15) is 0 Å². The van der Waals surface area contributed by atoms with Crippen molar-refractivity contribution in [3.8, 4) is 0 Å². The summed E-state index contributed by atoms with van der Waals surface area (Å²) in [6.07, 6.45) is 2.16. The summed E-state index contributed by atoms with van der Waals surface area (Å²) < 4.78 is 0. The molecule has 0 spiro atoms. The van der Waals surface area contributed by atoms with Crippen molar-refractivity contribution in [1.82, 2.24) is 14.7 Å². The van der Waals surface area contributed by atoms with E-state index >= 15 is 0 Å². The van der Waals surface area contributed by atoms with Gasteiger partial charge >= 0.3 is 0 Å². The molecule has 0 aromatic rings. The third-order valence-corrected chi connectivity index (χ3v) is 3.06. The smallest absolute Gasteiger partial charge is 0.239 e. The van der Waals surface area contributed by atoms with E-state index in [0.29, 0.717) is 0 Å². The molecule has 0 N–H and O–H groups in total. The Morgan fingerprint density at radius 3 is 2.24 bits per heavy atom. The fourth-order valence-corrected chi connectivity index (χ4v) is 1.94. The van der Waals surface area contributed by atoms with Gasteiger partial charge in [0.25, 0.3) is 0 Å². The first-order chi connectivity index (χ1) is 8.02. The van der Waals surface area contributed by atoms with Crippen LogP contribution in [0, 0.1) is 0 Å². The van der Waals surface area contributed by atoms with Crippen molar-refractivity contribution in [2.24, 2.45) is 0 Å². The lowest BCUT2D eigenvalue weighted by atomic mass is 10.2. The van der Waals surface area contributed by atoms with E-state index in [1.54, 1.807) is 0 Å². The van der Waals surface area contributed by atoms with Crippen LogP contribution in [0.25, 0.3) is 0 Å². The van der Waals surface area contributed by atoms with Crippen molar-refractivity contribution < 1.29 is 4.79 Å². The molecule has 0 unspecified atom stereocenters. The van der Waals surface area contributed by atoms with Crippen LogP contribution in [0.4, 0.5) is 0 Å². The van der Waals surface area contributed by atoms with Gasteiger partial charge in [-0.15, -0.1) is 0 Å². The van der Waals surface area contributed by atoms with Gasteiger partial charge < -0.3 is 9.80 Å². The van der Waals surface area contributed by atoms with Crippen LogP contribution in [0.1, 0.15) is 26.7 Å². The highest BCUT2D eigenvalue weighted by atomic mass is 16.2. The zero-order valence-corrected chi connectivity index (χ0v) is 12.4. The van der Waals surface area contributed by atoms with E-state index in [4.69, 9.17) is 0 Å². The Hall–Kier alpha value is -0.610. The Kier molecular flexibility index (Phi) is 8.17. The van der Waals surface area contributed by atoms with Crippen LogP contribution < -0.4 is 0 Å². The maximum absolute atomic E-state index is 12.0. The summed E-state index contributed by atoms with van der Waals surface area (Å²) in [6, 6.07) is 0.122. The molecule has 102 valence electrons. The summed E-state index contributed by atoms with van der Waals surface area (Å²) in [6.45, 7) is 6.80. The molecule has 1 amide bonds. The number of likely N-dealkylation sites (tertiary alicyclic amines) is 1. The molecule has 1 atom stereocenters. The number of likely N-dealkylation sites (N-methyl/N-ethyl adjacent to an activating group) is 3. The summed E-state index contributed by atoms with van der Waals surface area (Å²) in [5.74, 6) is 0.275. The van der Waals surface area contributed by atoms with Crippen molar-refractivity contribution in [2.75, 3.05) is 47.8 Å². The van der Waals surface area contributed by atoms with Crippen molar-refractivity contribution >= 4 is 5.91 Å². The molecule has 0 radical (unpaired) electrons. The van der Waals surface area contributed by atoms with Gasteiger partial charge in [-0.05, 0) is 40.5 Å². The maximum atomic E-state index is 12.0. The van der Waals surface area contributed by atoms with Crippen LogP contribution in [0.3, 0.4) is 0 Å². The average Bonchev–Trinajstić information content (AvgIpc) is 2.74. The fourth-order valence-electron chi connectivity index (χ4n) is 1.94. The first-order valence-electron chi connectivity index (χ1n) is 6.62. The van der Waals surface area contributed by atoms with Crippen LogP contribution in [0.2, 0.25) is 0 Å². The SMILES string of the molecule is CC.CN(C)CCN(C)C(=O)[C@H]1CCCN1C. The van der Waals surface area contributed by atoms with E-state index in [9.17, 15) is 4.79 Å². The summed E-state index contributed by atoms with van der Waals surface area (Å²) >= 11 is 0. The molecule has 1 aliphatic rings. The molecule has 0 aromatic heterocycles. The third kappa shape index (κ3) is 5.50. The minimum atomic E-state index is 0.122. The Labute approximate surface area is 107 Å². The lowest BCUT2D eigenvalue weighted by Gasteiger charge is -2.26. The number of amides is 1. The van der Waals surface area contributed by atoms with Gasteiger partial charge in [-0.3, -0.25) is 9.69 Å². The van der Waals surface area contributed by atoms with E-state index in [0.717, 1.165) is 32.5 Å². The Balaban J connectivity index is 0.00000121. The Bertz CT molecular complexity index is 219. The largest absolute Gasteiger partial charge is 0.343 e. The second-order valence-electron chi connectivity index (χ2n) is 4.70. The van der Waals surface area contributed by atoms with Crippen molar-refractivity contribution in [1.29, 1.82) is 0 Å². The van der Waals surface area contributed by atoms with Crippen LogP contribution in [0.15, 0.2) is 0 Å². The van der Waals surface area contributed by atoms with Crippen molar-refractivity contribution in [2.45, 2.75) is 32.7 Å². The zero-order chi connectivity index (χ0) is 13.4. The first kappa shape index (κ1) is 16.4. The van der Waals surface area contributed by atoms with Gasteiger partial charge in [-0.25, -0.2) is 0 Å². The highest BCUT2D eigenvalue weighted by Crippen LogP contribution is 2.16. The van der Waals surface area contributed by atoms with Crippen LogP contribution >= 0.6 is 0 Å². The molecular formula is C13H29N3O. The van der Waals surface area contributed by atoms with E-state index in [-0.39, 0.29) is 11.9 Å². The summed E-state index contributed by atoms with van der Waals surface area (Å²) in [5.41, 5.74) is 0. The van der Waals surface area contributed by atoms with Gasteiger partial charge in [0.2, 0.25) is 5.91 Å². The lowest BCUT2D eigenvalue weighted by molar-refractivity contribution is -0.134. The second-order valence-corrected chi connectivity index (χ2v) is 4.70. The molecule has 4 nitrogen and oxygen atoms in total. The highest BCUT2D eigenvalue weighted by molar-refractivity contribution is 5.81. The van der Waals surface area contributed by atoms with E-state index in [1.165, 1.54) is 0 Å². The molecule has 4 heteroatoms. The zero-order valence-electron chi connectivity index (χ0n) is 12.4. The molecule has 0 aliphatic carbocycles. The predicted molar refractivity (Wildman–Crippen MR) is 73.2 cm³/mol. The van der Waals surface area contributed by atoms with Crippen molar-refractivity contribution in [3.63, 3.8) is 0 Å². The summed E-state index contributed by atoms with van der Waals surface area (Å²) in [4.78, 5) is 18.1. The monoisotopic (exact) mass is 243 g/mol. The average molecular weight is 243 g/mol. The molecule has 0 saturated carbocycles. The highest BCUT2D eigenvalue weighted by Gasteiger charge is 2.29. The molecule has 1 saturated heterocycles. The fraction of sp³-hybridized carbons (Fsp3) is 0.923. The maximum Gasteiger partial charge on any atom is 0.239 e. The van der Waals surface area contributed by atoms with Crippen LogP contribution in [-0.4, -0.2) is 74.5 Å². The molecule has 0 aromatic carbocycles. The normalized spacial score (nSPS) is 20.1. The number of hydrogen-bond donors (Lipinski definition) is 0. The van der Waals surface area contributed by atoms with E-state index in [1.807, 2.05) is 46.9 Å². The van der Waals surface area contributed by atoms with Gasteiger partial charge in [0.05, 0.1) is 6.04 Å². The minimum absolute atomic E-state index is 0.122. The van der Waals surface area contributed by atoms with Crippen LogP contribution in [-0.2, 0) is 4.79 Å². The molecule has 1 rings (SSSR count). The van der Waals surface area contributed by atoms with E-state index < -0.39 is 0 Å². The topological polar surface area (TPSA) is 26.8 Å². The third-order valence-electron chi connectivity index (χ3n) is 3.06. The Morgan fingerprint density at radius 2 is 1.82 bits per heavy atom. The molecule has 1 aliphatic heterocycles. The van der Waals surface area contributed by atoms with Gasteiger partial charge in [0.15, 0.2) is 0 Å². The first-order valence-corrected chi connectivity index (χ1v) is 6.62. The summed E-state index contributed by atoms with van der Waals surface area (Å²) in [7, 11) is 7.99. The molecule has 1 fully saturated rings. The number of nitrogens with zero attached hydrogens (tertiary/aromatic N) is 3. The molecule has 17 heavy (non-hydrogen) atoms. The van der Waals surface area contributed by atoms with Gasteiger partial charge in [-0.2, -0.15) is 0 Å². The minimum Gasteiger partial charge on any atom is -0.343 e. The molecular weight excluding hydrogens is 214 g/mol. The number of hydrogen-bond acceptors (Lipinski definition) is 3. The number of carbonyl (C=O) groups excluding carboxylic acids is 1. The standard InChI is InChI=1S/C11H23N3O.C2H6/c1-12(2)8-9-14(4)11(15)10-6-5-7-13(10)3;1-2/h10H,5-9H2,1-4H3;1-2H3/t10-;/m1./s1. The van der Waals surface area contributed by atoms with Crippen LogP contribution in [0.5, 0.6) is 0 Å².